The van der Waals surface area contributed by atoms with E-state index in [0.29, 0.717) is 6.67 Å². The second kappa shape index (κ2) is 5.01. The zero-order valence-corrected chi connectivity index (χ0v) is 7.61. The number of hydrogen-bond acceptors (Lipinski definition) is 2. The fraction of sp³-hybridized carbons (Fsp3) is 1.00. The molecule has 1 aliphatic heterocycles. The Kier molecular flexibility index (Phi) is 3.91. The third kappa shape index (κ3) is 2.72. The molecule has 0 bridgehead atoms. The molecule has 12 heavy (non-hydrogen) atoms. The van der Waals surface area contributed by atoms with Crippen LogP contribution in [0.25, 0.3) is 10.4 Å². The molecule has 0 unspecified atom stereocenters. The average molecular weight is 168 g/mol. The van der Waals surface area contributed by atoms with Crippen molar-refractivity contribution in [2.75, 3.05) is 19.8 Å². The van der Waals surface area contributed by atoms with Crippen LogP contribution in [-0.4, -0.2) is 24.7 Å². The zero-order valence-electron chi connectivity index (χ0n) is 7.61. The first kappa shape index (κ1) is 9.36. The lowest BCUT2D eigenvalue weighted by atomic mass is 9.95. The fourth-order valence-corrected chi connectivity index (χ4v) is 1.65. The van der Waals surface area contributed by atoms with E-state index in [-0.39, 0.29) is 0 Å². The number of rotatable bonds is 3. The Morgan fingerprint density at radius 1 is 1.50 bits per heavy atom. The van der Waals surface area contributed by atoms with Crippen molar-refractivity contribution in [1.29, 1.82) is 0 Å². The lowest BCUT2D eigenvalue weighted by Crippen LogP contribution is -2.33. The van der Waals surface area contributed by atoms with E-state index in [9.17, 15) is 0 Å². The van der Waals surface area contributed by atoms with Crippen LogP contribution in [0.1, 0.15) is 26.2 Å². The first-order valence-corrected chi connectivity index (χ1v) is 4.60. The van der Waals surface area contributed by atoms with Gasteiger partial charge in [0.25, 0.3) is 0 Å². The van der Waals surface area contributed by atoms with Gasteiger partial charge in [0.15, 0.2) is 0 Å². The Morgan fingerprint density at radius 3 is 2.67 bits per heavy atom. The van der Waals surface area contributed by atoms with Crippen molar-refractivity contribution < 1.29 is 0 Å². The minimum atomic E-state index is 0.549. The first-order chi connectivity index (χ1) is 5.86. The van der Waals surface area contributed by atoms with Gasteiger partial charge in [-0.15, -0.1) is 0 Å². The van der Waals surface area contributed by atoms with Gasteiger partial charge in [0.05, 0.1) is 6.67 Å². The Hall–Kier alpha value is -0.730. The third-order valence-corrected chi connectivity index (χ3v) is 2.61. The SMILES string of the molecule is CCC1CCN(CN=[N+]=[N-])CC1. The molecule has 0 N–H and O–H groups in total. The second-order valence-corrected chi connectivity index (χ2v) is 3.34. The van der Waals surface area contributed by atoms with Gasteiger partial charge in [0.1, 0.15) is 0 Å². The normalized spacial score (nSPS) is 20.4. The summed E-state index contributed by atoms with van der Waals surface area (Å²) in [5.41, 5.74) is 8.13. The van der Waals surface area contributed by atoms with Crippen LogP contribution < -0.4 is 0 Å². The van der Waals surface area contributed by atoms with Gasteiger partial charge < -0.3 is 0 Å². The molecule has 1 fully saturated rings. The van der Waals surface area contributed by atoms with E-state index < -0.39 is 0 Å². The summed E-state index contributed by atoms with van der Waals surface area (Å²) in [6.45, 7) is 4.98. The predicted molar refractivity (Wildman–Crippen MR) is 48.6 cm³/mol. The highest BCUT2D eigenvalue weighted by Crippen LogP contribution is 2.19. The zero-order chi connectivity index (χ0) is 8.81. The molecule has 0 saturated carbocycles. The van der Waals surface area contributed by atoms with Crippen molar-refractivity contribution in [3.63, 3.8) is 0 Å². The summed E-state index contributed by atoms with van der Waals surface area (Å²) < 4.78 is 0. The van der Waals surface area contributed by atoms with Gasteiger partial charge in [0, 0.05) is 4.91 Å². The highest BCUT2D eigenvalue weighted by atomic mass is 15.3. The van der Waals surface area contributed by atoms with Crippen molar-refractivity contribution in [3.05, 3.63) is 10.4 Å². The van der Waals surface area contributed by atoms with E-state index in [1.54, 1.807) is 0 Å². The molecule has 1 heterocycles. The highest BCUT2D eigenvalue weighted by Gasteiger charge is 2.16. The van der Waals surface area contributed by atoms with E-state index in [0.717, 1.165) is 19.0 Å². The summed E-state index contributed by atoms with van der Waals surface area (Å²) in [7, 11) is 0. The quantitative estimate of drug-likeness (QED) is 0.362. The Bertz CT molecular complexity index is 166. The highest BCUT2D eigenvalue weighted by molar-refractivity contribution is 4.70. The van der Waals surface area contributed by atoms with Gasteiger partial charge in [-0.05, 0) is 37.4 Å². The van der Waals surface area contributed by atoms with Crippen LogP contribution in [0.15, 0.2) is 5.11 Å². The Balaban J connectivity index is 2.21. The summed E-state index contributed by atoms with van der Waals surface area (Å²) in [5.74, 6) is 0.896. The summed E-state index contributed by atoms with van der Waals surface area (Å²) >= 11 is 0. The van der Waals surface area contributed by atoms with E-state index in [2.05, 4.69) is 21.8 Å². The molecule has 0 aromatic carbocycles. The molecule has 0 spiro atoms. The third-order valence-electron chi connectivity index (χ3n) is 2.61. The Morgan fingerprint density at radius 2 is 2.17 bits per heavy atom. The molecule has 0 radical (unpaired) electrons. The molecule has 0 aromatic rings. The maximum atomic E-state index is 8.13. The summed E-state index contributed by atoms with van der Waals surface area (Å²) in [6.07, 6.45) is 3.81. The molecule has 0 atom stereocenters. The molecule has 1 aliphatic rings. The number of nitrogens with zero attached hydrogens (tertiary/aromatic N) is 4. The molecular weight excluding hydrogens is 152 g/mol. The molecule has 0 amide bonds. The van der Waals surface area contributed by atoms with Gasteiger partial charge in [-0.2, -0.15) is 0 Å². The van der Waals surface area contributed by atoms with Crippen LogP contribution in [0.2, 0.25) is 0 Å². The van der Waals surface area contributed by atoms with Gasteiger partial charge in [0.2, 0.25) is 0 Å². The minimum Gasteiger partial charge on any atom is -0.298 e. The molecule has 68 valence electrons. The molecular formula is C8H16N4. The molecule has 0 aromatic heterocycles. The second-order valence-electron chi connectivity index (χ2n) is 3.34. The van der Waals surface area contributed by atoms with Gasteiger partial charge in [-0.25, -0.2) is 0 Å². The first-order valence-electron chi connectivity index (χ1n) is 4.60. The van der Waals surface area contributed by atoms with Crippen LogP contribution in [0.4, 0.5) is 0 Å². The molecule has 0 aliphatic carbocycles. The summed E-state index contributed by atoms with van der Waals surface area (Å²) in [6, 6.07) is 0. The lowest BCUT2D eigenvalue weighted by molar-refractivity contribution is 0.186. The maximum Gasteiger partial charge on any atom is 0.0774 e. The molecule has 4 heteroatoms. The topological polar surface area (TPSA) is 52.0 Å². The number of azide groups is 1. The van der Waals surface area contributed by atoms with E-state index in [4.69, 9.17) is 5.53 Å². The van der Waals surface area contributed by atoms with Crippen molar-refractivity contribution in [1.82, 2.24) is 4.90 Å². The predicted octanol–water partition coefficient (Wildman–Crippen LogP) is 2.38. The minimum absolute atomic E-state index is 0.549. The van der Waals surface area contributed by atoms with Gasteiger partial charge in [-0.3, -0.25) is 4.90 Å². The number of hydrogen-bond donors (Lipinski definition) is 0. The molecule has 1 saturated heterocycles. The fourth-order valence-electron chi connectivity index (χ4n) is 1.65. The van der Waals surface area contributed by atoms with E-state index in [1.165, 1.54) is 19.3 Å². The number of piperidine rings is 1. The van der Waals surface area contributed by atoms with Crippen LogP contribution >= 0.6 is 0 Å². The van der Waals surface area contributed by atoms with Crippen molar-refractivity contribution in [3.8, 4) is 0 Å². The monoisotopic (exact) mass is 168 g/mol. The van der Waals surface area contributed by atoms with Crippen LogP contribution in [0, 0.1) is 5.92 Å². The summed E-state index contributed by atoms with van der Waals surface area (Å²) in [4.78, 5) is 4.97. The van der Waals surface area contributed by atoms with E-state index >= 15 is 0 Å². The van der Waals surface area contributed by atoms with E-state index in [1.807, 2.05) is 0 Å². The van der Waals surface area contributed by atoms with Crippen molar-refractivity contribution >= 4 is 0 Å². The molecule has 1 rings (SSSR count). The lowest BCUT2D eigenvalue weighted by Gasteiger charge is -2.29. The van der Waals surface area contributed by atoms with Crippen molar-refractivity contribution in [2.24, 2.45) is 11.0 Å². The number of likely N-dealkylation sites (tertiary alicyclic amines) is 1. The standard InChI is InChI=1S/C8H16N4/c1-2-8-3-5-12(6-4-8)7-10-11-9/h8H,2-7H2,1H3. The van der Waals surface area contributed by atoms with Gasteiger partial charge >= 0.3 is 0 Å². The summed E-state index contributed by atoms with van der Waals surface area (Å²) in [5, 5.41) is 3.55. The van der Waals surface area contributed by atoms with Crippen LogP contribution in [-0.2, 0) is 0 Å². The largest absolute Gasteiger partial charge is 0.298 e. The van der Waals surface area contributed by atoms with Crippen molar-refractivity contribution in [2.45, 2.75) is 26.2 Å². The van der Waals surface area contributed by atoms with Crippen LogP contribution in [0.3, 0.4) is 0 Å². The average Bonchev–Trinajstić information content (AvgIpc) is 2.15. The van der Waals surface area contributed by atoms with Crippen LogP contribution in [0.5, 0.6) is 0 Å². The smallest absolute Gasteiger partial charge is 0.0774 e. The van der Waals surface area contributed by atoms with Gasteiger partial charge in [-0.1, -0.05) is 18.5 Å². The Labute approximate surface area is 73.2 Å². The maximum absolute atomic E-state index is 8.13. The molecule has 4 nitrogen and oxygen atoms in total.